The number of benzene rings is 2. The van der Waals surface area contributed by atoms with Crippen molar-refractivity contribution in [2.24, 2.45) is 5.92 Å². The van der Waals surface area contributed by atoms with Gasteiger partial charge in [-0.1, -0.05) is 36.8 Å². The molecule has 0 saturated heterocycles. The quantitative estimate of drug-likeness (QED) is 0.841. The minimum Gasteiger partial charge on any atom is -0.493 e. The lowest BCUT2D eigenvalue weighted by atomic mass is 9.77. The van der Waals surface area contributed by atoms with E-state index in [0.717, 1.165) is 17.7 Å². The summed E-state index contributed by atoms with van der Waals surface area (Å²) in [6.07, 6.45) is 4.43. The molecule has 28 heavy (non-hydrogen) atoms. The molecule has 1 atom stereocenters. The Morgan fingerprint density at radius 3 is 2.36 bits per heavy atom. The molecule has 5 nitrogen and oxygen atoms in total. The lowest BCUT2D eigenvalue weighted by molar-refractivity contribution is 0.170. The summed E-state index contributed by atoms with van der Waals surface area (Å²) < 4.78 is 10.8. The summed E-state index contributed by atoms with van der Waals surface area (Å²) in [5.41, 5.74) is 3.55. The van der Waals surface area contributed by atoms with Crippen molar-refractivity contribution in [1.29, 1.82) is 0 Å². The number of nitrogens with one attached hydrogen (secondary N) is 1. The van der Waals surface area contributed by atoms with Gasteiger partial charge in [-0.25, -0.2) is 4.79 Å². The number of ether oxygens (including phenoxy) is 2. The van der Waals surface area contributed by atoms with Crippen molar-refractivity contribution in [3.63, 3.8) is 0 Å². The monoisotopic (exact) mass is 380 g/mol. The van der Waals surface area contributed by atoms with Crippen LogP contribution in [0.3, 0.4) is 0 Å². The highest BCUT2D eigenvalue weighted by Crippen LogP contribution is 2.38. The van der Waals surface area contributed by atoms with Gasteiger partial charge < -0.3 is 19.7 Å². The van der Waals surface area contributed by atoms with Gasteiger partial charge in [0, 0.05) is 13.1 Å². The van der Waals surface area contributed by atoms with E-state index in [4.69, 9.17) is 9.47 Å². The van der Waals surface area contributed by atoms with Crippen molar-refractivity contribution in [3.05, 3.63) is 59.2 Å². The number of hydrogen-bond acceptors (Lipinski definition) is 3. The van der Waals surface area contributed by atoms with E-state index in [1.807, 2.05) is 35.2 Å². The van der Waals surface area contributed by atoms with Gasteiger partial charge in [0.05, 0.1) is 20.3 Å². The molecule has 2 aromatic rings. The Bertz CT molecular complexity index is 833. The Labute approximate surface area is 166 Å². The van der Waals surface area contributed by atoms with E-state index in [0.29, 0.717) is 24.8 Å². The Morgan fingerprint density at radius 2 is 1.75 bits per heavy atom. The molecule has 1 heterocycles. The predicted molar refractivity (Wildman–Crippen MR) is 109 cm³/mol. The molecule has 2 aliphatic rings. The van der Waals surface area contributed by atoms with E-state index < -0.39 is 0 Å². The van der Waals surface area contributed by atoms with Crippen LogP contribution in [-0.2, 0) is 13.0 Å². The van der Waals surface area contributed by atoms with Crippen LogP contribution >= 0.6 is 0 Å². The van der Waals surface area contributed by atoms with Gasteiger partial charge in [0.15, 0.2) is 11.5 Å². The third-order valence-corrected chi connectivity index (χ3v) is 6.06. The van der Waals surface area contributed by atoms with Gasteiger partial charge in [-0.15, -0.1) is 0 Å². The Morgan fingerprint density at radius 1 is 1.07 bits per heavy atom. The average molecular weight is 380 g/mol. The first kappa shape index (κ1) is 18.7. The molecule has 1 saturated carbocycles. The smallest absolute Gasteiger partial charge is 0.318 e. The summed E-state index contributed by atoms with van der Waals surface area (Å²) in [5, 5.41) is 3.32. The van der Waals surface area contributed by atoms with Crippen LogP contribution in [0.25, 0.3) is 0 Å². The fraction of sp³-hybridized carbons (Fsp3) is 0.435. The summed E-state index contributed by atoms with van der Waals surface area (Å²) in [6.45, 7) is 1.30. The van der Waals surface area contributed by atoms with E-state index in [9.17, 15) is 4.79 Å². The Hall–Kier alpha value is -2.69. The molecule has 1 aliphatic carbocycles. The SMILES string of the molecule is COc1cc2c(cc1OC)CN(C(=O)NC(c1ccccc1)C1CCC1)CC2. The number of carbonyl (C=O) groups is 1. The lowest BCUT2D eigenvalue weighted by Gasteiger charge is -2.37. The maximum atomic E-state index is 13.1. The van der Waals surface area contributed by atoms with Gasteiger partial charge in [0.2, 0.25) is 0 Å². The minimum atomic E-state index is 0.0150. The molecule has 1 fully saturated rings. The molecule has 0 spiro atoms. The van der Waals surface area contributed by atoms with Crippen LogP contribution in [0.2, 0.25) is 0 Å². The number of fused-ring (bicyclic) bond motifs is 1. The fourth-order valence-corrected chi connectivity index (χ4v) is 4.19. The number of methoxy groups -OCH3 is 2. The highest BCUT2D eigenvalue weighted by Gasteiger charge is 2.31. The number of nitrogens with zero attached hydrogens (tertiary/aromatic N) is 1. The van der Waals surface area contributed by atoms with Crippen LogP contribution in [0.1, 0.15) is 42.0 Å². The van der Waals surface area contributed by atoms with E-state index in [-0.39, 0.29) is 12.1 Å². The number of amides is 2. The van der Waals surface area contributed by atoms with Gasteiger partial charge in [-0.3, -0.25) is 0 Å². The summed E-state index contributed by atoms with van der Waals surface area (Å²) >= 11 is 0. The maximum absolute atomic E-state index is 13.1. The second-order valence-corrected chi connectivity index (χ2v) is 7.68. The van der Waals surface area contributed by atoms with E-state index >= 15 is 0 Å². The van der Waals surface area contributed by atoms with Gasteiger partial charge in [0.1, 0.15) is 0 Å². The average Bonchev–Trinajstić information content (AvgIpc) is 2.71. The minimum absolute atomic E-state index is 0.0150. The van der Waals surface area contributed by atoms with Gasteiger partial charge in [-0.2, -0.15) is 0 Å². The summed E-state index contributed by atoms with van der Waals surface area (Å²) in [4.78, 5) is 15.0. The van der Waals surface area contributed by atoms with Gasteiger partial charge in [0.25, 0.3) is 0 Å². The molecule has 2 amide bonds. The van der Waals surface area contributed by atoms with Crippen LogP contribution in [-0.4, -0.2) is 31.7 Å². The Kier molecular flexibility index (Phi) is 5.42. The largest absolute Gasteiger partial charge is 0.493 e. The van der Waals surface area contributed by atoms with Gasteiger partial charge in [-0.05, 0) is 54.0 Å². The topological polar surface area (TPSA) is 50.8 Å². The zero-order valence-corrected chi connectivity index (χ0v) is 16.6. The van der Waals surface area contributed by atoms with Crippen LogP contribution in [0.5, 0.6) is 11.5 Å². The molecule has 4 rings (SSSR count). The van der Waals surface area contributed by atoms with Gasteiger partial charge >= 0.3 is 6.03 Å². The number of hydrogen-bond donors (Lipinski definition) is 1. The van der Waals surface area contributed by atoms with Crippen molar-refractivity contribution in [2.45, 2.75) is 38.3 Å². The number of rotatable bonds is 5. The zero-order chi connectivity index (χ0) is 19.5. The molecule has 2 aromatic carbocycles. The molecular weight excluding hydrogens is 352 g/mol. The predicted octanol–water partition coefficient (Wildman–Crippen LogP) is 4.31. The summed E-state index contributed by atoms with van der Waals surface area (Å²) in [6, 6.07) is 14.5. The highest BCUT2D eigenvalue weighted by atomic mass is 16.5. The summed E-state index contributed by atoms with van der Waals surface area (Å²) in [5.74, 6) is 1.99. The van der Waals surface area contributed by atoms with Crippen LogP contribution in [0.4, 0.5) is 4.79 Å². The van der Waals surface area contributed by atoms with E-state index in [1.165, 1.54) is 30.4 Å². The first-order valence-electron chi connectivity index (χ1n) is 10.0. The number of carbonyl (C=O) groups excluding carboxylic acids is 1. The molecule has 1 N–H and O–H groups in total. The van der Waals surface area contributed by atoms with Crippen molar-refractivity contribution in [1.82, 2.24) is 10.2 Å². The van der Waals surface area contributed by atoms with Crippen molar-refractivity contribution < 1.29 is 14.3 Å². The van der Waals surface area contributed by atoms with Crippen LogP contribution in [0.15, 0.2) is 42.5 Å². The molecule has 0 bridgehead atoms. The fourth-order valence-electron chi connectivity index (χ4n) is 4.19. The second kappa shape index (κ2) is 8.13. The van der Waals surface area contributed by atoms with E-state index in [1.54, 1.807) is 14.2 Å². The molecule has 148 valence electrons. The molecule has 1 aliphatic heterocycles. The lowest BCUT2D eigenvalue weighted by Crippen LogP contribution is -2.46. The van der Waals surface area contributed by atoms with Crippen LogP contribution in [0, 0.1) is 5.92 Å². The first-order valence-corrected chi connectivity index (χ1v) is 10.0. The van der Waals surface area contributed by atoms with E-state index in [2.05, 4.69) is 17.4 Å². The maximum Gasteiger partial charge on any atom is 0.318 e. The molecular formula is C23H28N2O3. The third kappa shape index (κ3) is 3.66. The summed E-state index contributed by atoms with van der Waals surface area (Å²) in [7, 11) is 3.29. The standard InChI is InChI=1S/C23H28N2O3/c1-27-20-13-18-11-12-25(15-19(18)14-21(20)28-2)23(26)24-22(17-9-6-10-17)16-7-4-3-5-8-16/h3-5,7-8,13-14,17,22H,6,9-12,15H2,1-2H3,(H,24,26). The van der Waals surface area contributed by atoms with Crippen molar-refractivity contribution in [2.75, 3.05) is 20.8 Å². The zero-order valence-electron chi connectivity index (χ0n) is 16.6. The molecule has 1 unspecified atom stereocenters. The second-order valence-electron chi connectivity index (χ2n) is 7.68. The number of urea groups is 1. The first-order chi connectivity index (χ1) is 13.7. The van der Waals surface area contributed by atoms with Crippen LogP contribution < -0.4 is 14.8 Å². The van der Waals surface area contributed by atoms with Crippen molar-refractivity contribution in [3.8, 4) is 11.5 Å². The molecule has 0 radical (unpaired) electrons. The highest BCUT2D eigenvalue weighted by molar-refractivity contribution is 5.75. The molecule has 5 heteroatoms. The molecule has 0 aromatic heterocycles. The third-order valence-electron chi connectivity index (χ3n) is 6.06. The van der Waals surface area contributed by atoms with Crippen molar-refractivity contribution >= 4 is 6.03 Å². The Balaban J connectivity index is 1.49. The normalized spacial score (nSPS) is 17.3.